The molecule has 0 aliphatic heterocycles. The van der Waals surface area contributed by atoms with Crippen LogP contribution in [0.5, 0.6) is 0 Å². The third-order valence-electron chi connectivity index (χ3n) is 2.60. The van der Waals surface area contributed by atoms with E-state index in [1.807, 2.05) is 25.1 Å². The largest absolute Gasteiger partial charge is 0.308 e. The van der Waals surface area contributed by atoms with Gasteiger partial charge in [-0.1, -0.05) is 13.0 Å². The van der Waals surface area contributed by atoms with Gasteiger partial charge in [0, 0.05) is 18.2 Å². The lowest BCUT2D eigenvalue weighted by Crippen LogP contribution is -2.13. The summed E-state index contributed by atoms with van der Waals surface area (Å²) in [5.41, 5.74) is 3.58. The Labute approximate surface area is 117 Å². The number of aryl methyl sites for hydroxylation is 1. The van der Waals surface area contributed by atoms with E-state index in [-0.39, 0.29) is 0 Å². The van der Waals surface area contributed by atoms with Gasteiger partial charge in [-0.3, -0.25) is 0 Å². The molecule has 100 valence electrons. The van der Waals surface area contributed by atoms with Crippen LogP contribution < -0.4 is 11.3 Å². The van der Waals surface area contributed by atoms with Crippen molar-refractivity contribution >= 4 is 17.6 Å². The van der Waals surface area contributed by atoms with Gasteiger partial charge in [0.25, 0.3) is 0 Å². The van der Waals surface area contributed by atoms with Crippen LogP contribution in [0.2, 0.25) is 0 Å². The molecule has 0 aliphatic rings. The van der Waals surface area contributed by atoms with E-state index in [9.17, 15) is 0 Å². The van der Waals surface area contributed by atoms with Gasteiger partial charge >= 0.3 is 0 Å². The van der Waals surface area contributed by atoms with Gasteiger partial charge < -0.3 is 5.43 Å². The predicted molar refractivity (Wildman–Crippen MR) is 76.9 cm³/mol. The summed E-state index contributed by atoms with van der Waals surface area (Å²) in [7, 11) is 0. The zero-order chi connectivity index (χ0) is 13.7. The van der Waals surface area contributed by atoms with Crippen molar-refractivity contribution < 1.29 is 0 Å². The second kappa shape index (κ2) is 6.49. The molecule has 0 spiro atoms. The Balaban J connectivity index is 2.35. The quantitative estimate of drug-likeness (QED) is 0.496. The first-order chi connectivity index (χ1) is 9.24. The molecule has 2 rings (SSSR count). The fourth-order valence-electron chi connectivity index (χ4n) is 1.62. The summed E-state index contributed by atoms with van der Waals surface area (Å²) in [4.78, 5) is 13.3. The topological polar surface area (TPSA) is 76.7 Å². The molecule has 5 nitrogen and oxygen atoms in total. The van der Waals surface area contributed by atoms with Crippen LogP contribution >= 0.6 is 11.8 Å². The van der Waals surface area contributed by atoms with Crippen molar-refractivity contribution in [3.8, 4) is 0 Å². The molecule has 0 radical (unpaired) electrons. The van der Waals surface area contributed by atoms with Crippen molar-refractivity contribution in [2.45, 2.75) is 36.7 Å². The number of pyridine rings is 1. The number of hydrazine groups is 1. The van der Waals surface area contributed by atoms with Crippen LogP contribution in [-0.2, 0) is 6.42 Å². The van der Waals surface area contributed by atoms with Crippen LogP contribution in [0.1, 0.15) is 24.7 Å². The molecular formula is C13H17N5S. The zero-order valence-electron chi connectivity index (χ0n) is 11.1. The van der Waals surface area contributed by atoms with Crippen LogP contribution in [-0.4, -0.2) is 15.0 Å². The van der Waals surface area contributed by atoms with Gasteiger partial charge in [-0.25, -0.2) is 20.8 Å². The Morgan fingerprint density at radius 1 is 1.32 bits per heavy atom. The van der Waals surface area contributed by atoms with E-state index < -0.39 is 0 Å². The van der Waals surface area contributed by atoms with Crippen LogP contribution in [0, 0.1) is 6.92 Å². The molecule has 0 aliphatic carbocycles. The van der Waals surface area contributed by atoms with Gasteiger partial charge in [-0.05, 0) is 37.2 Å². The standard InChI is InChI=1S/C13H17N5S/c1-3-6-10-16-12(18-14)9(2)13(17-10)19-11-7-4-5-8-15-11/h4-5,7-8H,3,6,14H2,1-2H3,(H,16,17,18). The molecule has 0 unspecified atom stereocenters. The molecule has 0 atom stereocenters. The molecule has 0 saturated heterocycles. The molecule has 0 aromatic carbocycles. The first kappa shape index (κ1) is 13.8. The van der Waals surface area contributed by atoms with Crippen LogP contribution in [0.15, 0.2) is 34.4 Å². The van der Waals surface area contributed by atoms with E-state index in [2.05, 4.69) is 27.3 Å². The lowest BCUT2D eigenvalue weighted by atomic mass is 10.3. The van der Waals surface area contributed by atoms with Gasteiger partial charge in [0.2, 0.25) is 0 Å². The maximum Gasteiger partial charge on any atom is 0.147 e. The molecule has 0 amide bonds. The first-order valence-corrected chi connectivity index (χ1v) is 6.99. The van der Waals surface area contributed by atoms with E-state index in [0.29, 0.717) is 5.82 Å². The summed E-state index contributed by atoms with van der Waals surface area (Å²) in [5, 5.41) is 1.81. The molecule has 0 fully saturated rings. The summed E-state index contributed by atoms with van der Waals surface area (Å²) in [6, 6.07) is 5.81. The fraction of sp³-hybridized carbons (Fsp3) is 0.308. The lowest BCUT2D eigenvalue weighted by molar-refractivity contribution is 0.802. The second-order valence-corrected chi connectivity index (χ2v) is 5.09. The summed E-state index contributed by atoms with van der Waals surface area (Å²) >= 11 is 1.53. The highest BCUT2D eigenvalue weighted by atomic mass is 32.2. The summed E-state index contributed by atoms with van der Waals surface area (Å²) in [6.07, 6.45) is 3.61. The monoisotopic (exact) mass is 275 g/mol. The molecule has 3 N–H and O–H groups in total. The number of hydrogen-bond acceptors (Lipinski definition) is 6. The van der Waals surface area contributed by atoms with E-state index >= 15 is 0 Å². The predicted octanol–water partition coefficient (Wildman–Crippen LogP) is 2.57. The van der Waals surface area contributed by atoms with E-state index in [1.165, 1.54) is 11.8 Å². The molecule has 2 heterocycles. The van der Waals surface area contributed by atoms with Crippen molar-refractivity contribution in [3.05, 3.63) is 35.8 Å². The highest BCUT2D eigenvalue weighted by molar-refractivity contribution is 7.99. The number of nitrogens with two attached hydrogens (primary N) is 1. The minimum absolute atomic E-state index is 0.678. The Kier molecular flexibility index (Phi) is 4.70. The van der Waals surface area contributed by atoms with E-state index in [0.717, 1.165) is 34.3 Å². The molecule has 0 bridgehead atoms. The Morgan fingerprint density at radius 3 is 2.79 bits per heavy atom. The minimum Gasteiger partial charge on any atom is -0.308 e. The SMILES string of the molecule is CCCc1nc(NN)c(C)c(Sc2ccccn2)n1. The van der Waals surface area contributed by atoms with Crippen LogP contribution in [0.25, 0.3) is 0 Å². The van der Waals surface area contributed by atoms with Crippen molar-refractivity contribution in [3.63, 3.8) is 0 Å². The molecule has 2 aromatic rings. The Hall–Kier alpha value is -1.66. The van der Waals surface area contributed by atoms with E-state index in [4.69, 9.17) is 5.84 Å². The minimum atomic E-state index is 0.678. The Bertz CT molecular complexity index is 544. The van der Waals surface area contributed by atoms with Gasteiger partial charge in [0.05, 0.1) is 0 Å². The maximum atomic E-state index is 5.51. The molecular weight excluding hydrogens is 258 g/mol. The normalized spacial score (nSPS) is 10.5. The number of nitrogens with zero attached hydrogens (tertiary/aromatic N) is 3. The average molecular weight is 275 g/mol. The van der Waals surface area contributed by atoms with Crippen molar-refractivity contribution in [2.75, 3.05) is 5.43 Å². The van der Waals surface area contributed by atoms with E-state index in [1.54, 1.807) is 6.20 Å². The third-order valence-corrected chi connectivity index (χ3v) is 3.64. The highest BCUT2D eigenvalue weighted by Crippen LogP contribution is 2.29. The molecule has 0 saturated carbocycles. The number of nitrogens with one attached hydrogen (secondary N) is 1. The van der Waals surface area contributed by atoms with Gasteiger partial charge in [0.15, 0.2) is 0 Å². The summed E-state index contributed by atoms with van der Waals surface area (Å²) in [6.45, 7) is 4.06. The van der Waals surface area contributed by atoms with Gasteiger partial charge in [0.1, 0.15) is 21.7 Å². The van der Waals surface area contributed by atoms with Crippen molar-refractivity contribution in [1.82, 2.24) is 15.0 Å². The number of anilines is 1. The fourth-order valence-corrected chi connectivity index (χ4v) is 2.48. The smallest absolute Gasteiger partial charge is 0.147 e. The van der Waals surface area contributed by atoms with Crippen LogP contribution in [0.3, 0.4) is 0 Å². The zero-order valence-corrected chi connectivity index (χ0v) is 11.9. The third kappa shape index (κ3) is 3.42. The summed E-state index contributed by atoms with van der Waals surface area (Å²) < 4.78 is 0. The molecule has 6 heteroatoms. The average Bonchev–Trinajstić information content (AvgIpc) is 2.43. The van der Waals surface area contributed by atoms with Crippen molar-refractivity contribution in [1.29, 1.82) is 0 Å². The maximum absolute atomic E-state index is 5.51. The van der Waals surface area contributed by atoms with Crippen LogP contribution in [0.4, 0.5) is 5.82 Å². The molecule has 2 aromatic heterocycles. The van der Waals surface area contributed by atoms with Crippen molar-refractivity contribution in [2.24, 2.45) is 5.84 Å². The number of nitrogen functional groups attached to an aromatic ring is 1. The number of aromatic nitrogens is 3. The van der Waals surface area contributed by atoms with Gasteiger partial charge in [-0.15, -0.1) is 0 Å². The number of rotatable bonds is 5. The highest BCUT2D eigenvalue weighted by Gasteiger charge is 2.11. The summed E-state index contributed by atoms with van der Waals surface area (Å²) in [5.74, 6) is 7.00. The second-order valence-electron chi connectivity index (χ2n) is 4.08. The first-order valence-electron chi connectivity index (χ1n) is 6.17. The van der Waals surface area contributed by atoms with Gasteiger partial charge in [-0.2, -0.15) is 0 Å². The molecule has 19 heavy (non-hydrogen) atoms. The Morgan fingerprint density at radius 2 is 2.16 bits per heavy atom. The number of hydrogen-bond donors (Lipinski definition) is 2. The lowest BCUT2D eigenvalue weighted by Gasteiger charge is -2.11.